The van der Waals surface area contributed by atoms with Gasteiger partial charge in [-0.15, -0.1) is 0 Å². The second kappa shape index (κ2) is 7.62. The first-order valence-electron chi connectivity index (χ1n) is 8.15. The van der Waals surface area contributed by atoms with Crippen molar-refractivity contribution in [2.75, 3.05) is 10.6 Å². The van der Waals surface area contributed by atoms with Gasteiger partial charge in [-0.05, 0) is 56.3 Å². The summed E-state index contributed by atoms with van der Waals surface area (Å²) < 4.78 is 13.4. The molecule has 3 aromatic rings. The lowest BCUT2D eigenvalue weighted by Gasteiger charge is -2.12. The quantitative estimate of drug-likeness (QED) is 0.730. The van der Waals surface area contributed by atoms with E-state index in [4.69, 9.17) is 5.26 Å². The lowest BCUT2D eigenvalue weighted by Crippen LogP contribution is -2.17. The van der Waals surface area contributed by atoms with E-state index < -0.39 is 11.7 Å². The van der Waals surface area contributed by atoms with Crippen LogP contribution < -0.4 is 10.6 Å². The molecule has 0 bridgehead atoms. The monoisotopic (exact) mass is 361 g/mol. The maximum atomic E-state index is 13.4. The van der Waals surface area contributed by atoms with Crippen molar-refractivity contribution < 1.29 is 9.18 Å². The van der Waals surface area contributed by atoms with Gasteiger partial charge in [0.25, 0.3) is 5.91 Å². The number of benzene rings is 1. The third kappa shape index (κ3) is 4.25. The van der Waals surface area contributed by atoms with Crippen LogP contribution in [0.25, 0.3) is 0 Å². The number of amides is 1. The van der Waals surface area contributed by atoms with Gasteiger partial charge >= 0.3 is 0 Å². The third-order valence-corrected chi connectivity index (χ3v) is 3.78. The van der Waals surface area contributed by atoms with Gasteiger partial charge in [0.2, 0.25) is 0 Å². The van der Waals surface area contributed by atoms with E-state index in [1.54, 1.807) is 43.3 Å². The number of aromatic nitrogens is 2. The number of aryl methyl sites for hydroxylation is 2. The minimum atomic E-state index is -0.476. The number of pyridine rings is 2. The Morgan fingerprint density at radius 1 is 1.11 bits per heavy atom. The molecule has 0 saturated carbocycles. The molecule has 7 heteroatoms. The van der Waals surface area contributed by atoms with Crippen LogP contribution in [0, 0.1) is 31.0 Å². The largest absolute Gasteiger partial charge is 0.354 e. The average Bonchev–Trinajstić information content (AvgIpc) is 2.66. The number of rotatable bonds is 4. The zero-order valence-corrected chi connectivity index (χ0v) is 14.7. The fourth-order valence-electron chi connectivity index (χ4n) is 2.44. The summed E-state index contributed by atoms with van der Waals surface area (Å²) in [5, 5.41) is 14.8. The number of nitrogens with one attached hydrogen (secondary N) is 2. The molecular formula is C20H16FN5O. The summed E-state index contributed by atoms with van der Waals surface area (Å²) in [6.45, 7) is 3.29. The Balaban J connectivity index is 1.90. The zero-order chi connectivity index (χ0) is 19.4. The summed E-state index contributed by atoms with van der Waals surface area (Å²) in [5.41, 5.74) is 2.66. The summed E-state index contributed by atoms with van der Waals surface area (Å²) in [5.74, 6) is -0.683. The van der Waals surface area contributed by atoms with Crippen molar-refractivity contribution in [1.82, 2.24) is 9.97 Å². The van der Waals surface area contributed by atoms with Crippen molar-refractivity contribution >= 4 is 23.1 Å². The Bertz CT molecular complexity index is 1060. The lowest BCUT2D eigenvalue weighted by molar-refractivity contribution is 0.102. The summed E-state index contributed by atoms with van der Waals surface area (Å²) in [7, 11) is 0. The number of anilines is 3. The van der Waals surface area contributed by atoms with Gasteiger partial charge in [0, 0.05) is 11.4 Å². The molecule has 0 unspecified atom stereocenters. The Morgan fingerprint density at radius 3 is 2.67 bits per heavy atom. The Labute approximate surface area is 155 Å². The summed E-state index contributed by atoms with van der Waals surface area (Å²) in [6, 6.07) is 15.1. The van der Waals surface area contributed by atoms with E-state index in [1.165, 1.54) is 19.1 Å². The number of halogens is 1. The molecule has 0 aliphatic carbocycles. The van der Waals surface area contributed by atoms with Crippen LogP contribution >= 0.6 is 0 Å². The Kier molecular flexibility index (Phi) is 5.08. The molecule has 0 radical (unpaired) electrons. The molecule has 0 spiro atoms. The van der Waals surface area contributed by atoms with Gasteiger partial charge in [0.15, 0.2) is 5.69 Å². The third-order valence-electron chi connectivity index (χ3n) is 3.78. The highest BCUT2D eigenvalue weighted by Crippen LogP contribution is 2.22. The van der Waals surface area contributed by atoms with Crippen LogP contribution in [0.15, 0.2) is 48.5 Å². The van der Waals surface area contributed by atoms with Gasteiger partial charge in [0.1, 0.15) is 11.6 Å². The molecule has 1 aromatic carbocycles. The van der Waals surface area contributed by atoms with Crippen LogP contribution in [-0.2, 0) is 0 Å². The predicted octanol–water partition coefficient (Wildman–Crippen LogP) is 4.10. The first-order chi connectivity index (χ1) is 13.0. The van der Waals surface area contributed by atoms with Crippen molar-refractivity contribution in [3.05, 3.63) is 77.0 Å². The first kappa shape index (κ1) is 18.0. The predicted molar refractivity (Wildman–Crippen MR) is 100 cm³/mol. The molecule has 2 aromatic heterocycles. The van der Waals surface area contributed by atoms with Gasteiger partial charge in [-0.1, -0.05) is 6.07 Å². The molecule has 2 heterocycles. The van der Waals surface area contributed by atoms with Crippen molar-refractivity contribution in [3.8, 4) is 6.07 Å². The molecule has 1 amide bonds. The second-order valence-electron chi connectivity index (χ2n) is 5.88. The van der Waals surface area contributed by atoms with Crippen LogP contribution in [0.5, 0.6) is 0 Å². The van der Waals surface area contributed by atoms with E-state index in [2.05, 4.69) is 26.7 Å². The average molecular weight is 361 g/mol. The molecule has 134 valence electrons. The highest BCUT2D eigenvalue weighted by Gasteiger charge is 2.15. The molecular weight excluding hydrogens is 345 g/mol. The lowest BCUT2D eigenvalue weighted by atomic mass is 10.2. The fourth-order valence-corrected chi connectivity index (χ4v) is 2.44. The molecule has 2 N–H and O–H groups in total. The smallest absolute Gasteiger partial charge is 0.277 e. The van der Waals surface area contributed by atoms with E-state index in [0.717, 1.165) is 0 Å². The molecule has 3 rings (SSSR count). The number of carbonyl (C=O) groups excluding carboxylic acids is 1. The van der Waals surface area contributed by atoms with Crippen LogP contribution in [0.3, 0.4) is 0 Å². The van der Waals surface area contributed by atoms with Gasteiger partial charge < -0.3 is 10.6 Å². The van der Waals surface area contributed by atoms with Crippen LogP contribution in [0.1, 0.15) is 27.4 Å². The molecule has 0 aliphatic rings. The zero-order valence-electron chi connectivity index (χ0n) is 14.7. The Morgan fingerprint density at radius 2 is 1.93 bits per heavy atom. The maximum Gasteiger partial charge on any atom is 0.277 e. The highest BCUT2D eigenvalue weighted by atomic mass is 19.1. The fraction of sp³-hybridized carbons (Fsp3) is 0.100. The SMILES string of the molecule is Cc1ccc(Nc2cccc(C#N)c2)c(C(=O)Nc2ccc(F)c(C)n2)n1. The molecule has 0 fully saturated rings. The number of hydrogen-bond donors (Lipinski definition) is 2. The molecule has 0 saturated heterocycles. The minimum Gasteiger partial charge on any atom is -0.354 e. The summed E-state index contributed by atoms with van der Waals surface area (Å²) >= 11 is 0. The van der Waals surface area contributed by atoms with Gasteiger partial charge in [-0.3, -0.25) is 4.79 Å². The van der Waals surface area contributed by atoms with Crippen molar-refractivity contribution in [3.63, 3.8) is 0 Å². The van der Waals surface area contributed by atoms with Crippen molar-refractivity contribution in [2.45, 2.75) is 13.8 Å². The number of hydrogen-bond acceptors (Lipinski definition) is 5. The number of carbonyl (C=O) groups is 1. The van der Waals surface area contributed by atoms with E-state index in [-0.39, 0.29) is 17.2 Å². The van der Waals surface area contributed by atoms with Crippen LogP contribution in [0.4, 0.5) is 21.6 Å². The molecule has 0 atom stereocenters. The van der Waals surface area contributed by atoms with E-state index in [0.29, 0.717) is 22.6 Å². The number of nitrogens with zero attached hydrogens (tertiary/aromatic N) is 3. The number of nitriles is 1. The topological polar surface area (TPSA) is 90.7 Å². The minimum absolute atomic E-state index is 0.168. The summed E-state index contributed by atoms with van der Waals surface area (Å²) in [4.78, 5) is 21.0. The van der Waals surface area contributed by atoms with E-state index >= 15 is 0 Å². The second-order valence-corrected chi connectivity index (χ2v) is 5.88. The summed E-state index contributed by atoms with van der Waals surface area (Å²) in [6.07, 6.45) is 0. The molecule has 27 heavy (non-hydrogen) atoms. The van der Waals surface area contributed by atoms with Gasteiger partial charge in [-0.25, -0.2) is 14.4 Å². The van der Waals surface area contributed by atoms with Crippen LogP contribution in [0.2, 0.25) is 0 Å². The first-order valence-corrected chi connectivity index (χ1v) is 8.15. The normalized spacial score (nSPS) is 10.1. The molecule has 6 nitrogen and oxygen atoms in total. The van der Waals surface area contributed by atoms with E-state index in [1.807, 2.05) is 0 Å². The highest BCUT2D eigenvalue weighted by molar-refractivity contribution is 6.06. The van der Waals surface area contributed by atoms with Crippen LogP contribution in [-0.4, -0.2) is 15.9 Å². The standard InChI is InChI=1S/C20H16FN5O/c1-12-6-8-17(25-15-5-3-4-14(10-15)11-22)19(23-12)20(27)26-18-9-7-16(21)13(2)24-18/h3-10,25H,1-2H3,(H,24,26,27). The Hall–Kier alpha value is -3.79. The van der Waals surface area contributed by atoms with E-state index in [9.17, 15) is 9.18 Å². The van der Waals surface area contributed by atoms with Gasteiger partial charge in [-0.2, -0.15) is 5.26 Å². The maximum absolute atomic E-state index is 13.4. The van der Waals surface area contributed by atoms with Crippen molar-refractivity contribution in [1.29, 1.82) is 5.26 Å². The van der Waals surface area contributed by atoms with Crippen molar-refractivity contribution in [2.24, 2.45) is 0 Å². The molecule has 0 aliphatic heterocycles. The van der Waals surface area contributed by atoms with Gasteiger partial charge in [0.05, 0.1) is 23.0 Å².